The van der Waals surface area contributed by atoms with Crippen LogP contribution in [0.3, 0.4) is 0 Å². The summed E-state index contributed by atoms with van der Waals surface area (Å²) in [6.45, 7) is 5.22. The van der Waals surface area contributed by atoms with E-state index in [1.807, 2.05) is 43.0 Å². The molecule has 2 aromatic rings. The lowest BCUT2D eigenvalue weighted by atomic mass is 9.75. The lowest BCUT2D eigenvalue weighted by molar-refractivity contribution is -0.137. The van der Waals surface area contributed by atoms with Crippen LogP contribution in [-0.4, -0.2) is 40.5 Å². The number of alkyl halides is 3. The van der Waals surface area contributed by atoms with E-state index in [0.29, 0.717) is 5.56 Å². The summed E-state index contributed by atoms with van der Waals surface area (Å²) in [5.74, 6) is 0. The molecule has 0 radical (unpaired) electrons. The summed E-state index contributed by atoms with van der Waals surface area (Å²) < 4.78 is 38.8. The van der Waals surface area contributed by atoms with Gasteiger partial charge in [-0.2, -0.15) is 13.2 Å². The van der Waals surface area contributed by atoms with E-state index in [4.69, 9.17) is 0 Å². The van der Waals surface area contributed by atoms with Gasteiger partial charge < -0.3 is 10.2 Å². The van der Waals surface area contributed by atoms with Gasteiger partial charge in [-0.25, -0.2) is 0 Å². The number of rotatable bonds is 5. The third-order valence-electron chi connectivity index (χ3n) is 6.18. The molecule has 0 amide bonds. The molecule has 30 heavy (non-hydrogen) atoms. The van der Waals surface area contributed by atoms with Gasteiger partial charge in [0.25, 0.3) is 0 Å². The summed E-state index contributed by atoms with van der Waals surface area (Å²) >= 11 is 0. The van der Waals surface area contributed by atoms with E-state index in [0.717, 1.165) is 62.0 Å². The molecule has 0 bridgehead atoms. The molecular weight excluding hydrogens is 391 g/mol. The Hall–Kier alpha value is -1.89. The number of halogens is 3. The van der Waals surface area contributed by atoms with Gasteiger partial charge in [0.05, 0.1) is 5.56 Å². The molecule has 0 saturated carbocycles. The highest BCUT2D eigenvalue weighted by Gasteiger charge is 2.39. The molecule has 2 atom stereocenters. The first-order chi connectivity index (χ1) is 14.1. The summed E-state index contributed by atoms with van der Waals surface area (Å²) in [6.07, 6.45) is -2.20. The van der Waals surface area contributed by atoms with E-state index in [1.165, 1.54) is 12.1 Å². The van der Waals surface area contributed by atoms with Crippen LogP contribution in [-0.2, 0) is 11.6 Å². The van der Waals surface area contributed by atoms with Crippen molar-refractivity contribution in [1.29, 1.82) is 0 Å². The minimum atomic E-state index is -4.38. The van der Waals surface area contributed by atoms with E-state index in [2.05, 4.69) is 0 Å². The monoisotopic (exact) mass is 421 g/mol. The lowest BCUT2D eigenvalue weighted by Gasteiger charge is -2.39. The van der Waals surface area contributed by atoms with Crippen LogP contribution in [0.25, 0.3) is 11.1 Å². The molecule has 2 aromatic carbocycles. The van der Waals surface area contributed by atoms with E-state index in [9.17, 15) is 23.4 Å². The van der Waals surface area contributed by atoms with Crippen molar-refractivity contribution in [3.05, 3.63) is 59.7 Å². The highest BCUT2D eigenvalue weighted by Crippen LogP contribution is 2.38. The SMILES string of the molecule is CC(C)(c1ccccc1-c1ccc(C(F)(F)F)cc1)C(O)C(O)N1CCCCCC1. The Morgan fingerprint density at radius 2 is 1.40 bits per heavy atom. The summed E-state index contributed by atoms with van der Waals surface area (Å²) in [4.78, 5) is 1.93. The fraction of sp³-hybridized carbons (Fsp3) is 0.500. The summed E-state index contributed by atoms with van der Waals surface area (Å²) in [7, 11) is 0. The number of likely N-dealkylation sites (tertiary alicyclic amines) is 1. The molecule has 164 valence electrons. The average Bonchev–Trinajstić information content (AvgIpc) is 3.01. The number of hydrogen-bond acceptors (Lipinski definition) is 3. The van der Waals surface area contributed by atoms with Crippen LogP contribution in [0.15, 0.2) is 48.5 Å². The number of hydrogen-bond donors (Lipinski definition) is 2. The molecule has 0 spiro atoms. The lowest BCUT2D eigenvalue weighted by Crippen LogP contribution is -2.52. The van der Waals surface area contributed by atoms with Gasteiger partial charge >= 0.3 is 6.18 Å². The largest absolute Gasteiger partial charge is 0.416 e. The molecule has 1 heterocycles. The average molecular weight is 422 g/mol. The van der Waals surface area contributed by atoms with Crippen molar-refractivity contribution < 1.29 is 23.4 Å². The molecule has 2 N–H and O–H groups in total. The Labute approximate surface area is 176 Å². The Morgan fingerprint density at radius 3 is 1.97 bits per heavy atom. The molecule has 1 saturated heterocycles. The minimum absolute atomic E-state index is 0.642. The summed E-state index contributed by atoms with van der Waals surface area (Å²) in [5.41, 5.74) is 0.664. The second-order valence-electron chi connectivity index (χ2n) is 8.65. The maximum Gasteiger partial charge on any atom is 0.416 e. The van der Waals surface area contributed by atoms with Gasteiger partial charge in [0.2, 0.25) is 0 Å². The molecule has 0 aliphatic carbocycles. The van der Waals surface area contributed by atoms with E-state index in [-0.39, 0.29) is 0 Å². The molecule has 2 unspecified atom stereocenters. The van der Waals surface area contributed by atoms with Crippen molar-refractivity contribution in [2.24, 2.45) is 0 Å². The van der Waals surface area contributed by atoms with Gasteiger partial charge in [-0.15, -0.1) is 0 Å². The number of aliphatic hydroxyl groups excluding tert-OH is 2. The normalized spacial score (nSPS) is 18.6. The highest BCUT2D eigenvalue weighted by molar-refractivity contribution is 5.69. The maximum atomic E-state index is 12.9. The Bertz CT molecular complexity index is 825. The molecule has 3 rings (SSSR count). The predicted octanol–water partition coefficient (Wildman–Crippen LogP) is 5.21. The van der Waals surface area contributed by atoms with Gasteiger partial charge in [0, 0.05) is 18.5 Å². The first kappa shape index (κ1) is 22.8. The zero-order valence-electron chi connectivity index (χ0n) is 17.5. The third kappa shape index (κ3) is 4.88. The zero-order valence-corrected chi connectivity index (χ0v) is 17.5. The molecule has 1 aliphatic rings. The Morgan fingerprint density at radius 1 is 0.833 bits per heavy atom. The molecule has 6 heteroatoms. The molecule has 1 aliphatic heterocycles. The zero-order chi connectivity index (χ0) is 21.9. The van der Waals surface area contributed by atoms with Crippen LogP contribution in [0.5, 0.6) is 0 Å². The van der Waals surface area contributed by atoms with Crippen LogP contribution in [0, 0.1) is 0 Å². The van der Waals surface area contributed by atoms with Crippen molar-refractivity contribution in [2.75, 3.05) is 13.1 Å². The highest BCUT2D eigenvalue weighted by atomic mass is 19.4. The van der Waals surface area contributed by atoms with Gasteiger partial charge in [-0.1, -0.05) is 63.1 Å². The first-order valence-corrected chi connectivity index (χ1v) is 10.5. The van der Waals surface area contributed by atoms with Gasteiger partial charge in [-0.05, 0) is 41.7 Å². The molecule has 3 nitrogen and oxygen atoms in total. The fourth-order valence-electron chi connectivity index (χ4n) is 4.23. The van der Waals surface area contributed by atoms with Crippen molar-refractivity contribution in [2.45, 2.75) is 63.5 Å². The second-order valence-corrected chi connectivity index (χ2v) is 8.65. The van der Waals surface area contributed by atoms with Crippen LogP contribution < -0.4 is 0 Å². The van der Waals surface area contributed by atoms with Crippen molar-refractivity contribution in [3.8, 4) is 11.1 Å². The maximum absolute atomic E-state index is 12.9. The van der Waals surface area contributed by atoms with Crippen LogP contribution in [0.4, 0.5) is 13.2 Å². The summed E-state index contributed by atoms with van der Waals surface area (Å²) in [5, 5.41) is 22.0. The van der Waals surface area contributed by atoms with Crippen molar-refractivity contribution in [1.82, 2.24) is 4.90 Å². The van der Waals surface area contributed by atoms with Crippen molar-refractivity contribution in [3.63, 3.8) is 0 Å². The molecular formula is C24H30F3NO2. The number of benzene rings is 2. The number of aliphatic hydroxyl groups is 2. The predicted molar refractivity (Wildman–Crippen MR) is 112 cm³/mol. The van der Waals surface area contributed by atoms with E-state index in [1.54, 1.807) is 0 Å². The minimum Gasteiger partial charge on any atom is -0.388 e. The van der Waals surface area contributed by atoms with Crippen molar-refractivity contribution >= 4 is 0 Å². The van der Waals surface area contributed by atoms with E-state index < -0.39 is 29.5 Å². The summed E-state index contributed by atoms with van der Waals surface area (Å²) in [6, 6.07) is 12.4. The smallest absolute Gasteiger partial charge is 0.388 e. The van der Waals surface area contributed by atoms with Gasteiger partial charge in [-0.3, -0.25) is 4.90 Å². The fourth-order valence-corrected chi connectivity index (χ4v) is 4.23. The number of nitrogens with zero attached hydrogens (tertiary/aromatic N) is 1. The van der Waals surface area contributed by atoms with Gasteiger partial charge in [0.15, 0.2) is 0 Å². The van der Waals surface area contributed by atoms with Crippen LogP contribution >= 0.6 is 0 Å². The Kier molecular flexibility index (Phi) is 6.90. The van der Waals surface area contributed by atoms with Crippen LogP contribution in [0.2, 0.25) is 0 Å². The van der Waals surface area contributed by atoms with Gasteiger partial charge in [0.1, 0.15) is 12.3 Å². The topological polar surface area (TPSA) is 43.7 Å². The van der Waals surface area contributed by atoms with Crippen LogP contribution in [0.1, 0.15) is 50.7 Å². The first-order valence-electron chi connectivity index (χ1n) is 10.5. The quantitative estimate of drug-likeness (QED) is 0.697. The van der Waals surface area contributed by atoms with E-state index >= 15 is 0 Å². The Balaban J connectivity index is 1.91. The molecule has 1 fully saturated rings. The third-order valence-corrected chi connectivity index (χ3v) is 6.18. The standard InChI is InChI=1S/C24H30F3NO2/c1-23(2,21(29)22(30)28-15-7-3-4-8-16-28)20-10-6-5-9-19(20)17-11-13-18(14-12-17)24(25,26)27/h5-6,9-14,21-22,29-30H,3-4,7-8,15-16H2,1-2H3. The molecule has 0 aromatic heterocycles. The second kappa shape index (κ2) is 9.08.